The molecule has 312 valence electrons. The first-order valence-corrected chi connectivity index (χ1v) is 22.0. The summed E-state index contributed by atoms with van der Waals surface area (Å²) in [5, 5.41) is 32.8. The minimum absolute atomic E-state index is 0.228. The van der Waals surface area contributed by atoms with Crippen molar-refractivity contribution in [2.45, 2.75) is 96.9 Å². The first-order valence-electron chi connectivity index (χ1n) is 22.0. The van der Waals surface area contributed by atoms with Gasteiger partial charge < -0.3 is 34.3 Å². The average molecular weight is 810 g/mol. The number of nitrogens with zero attached hydrogens (tertiary/aromatic N) is 4. The van der Waals surface area contributed by atoms with Crippen LogP contribution < -0.4 is 5.32 Å². The number of hydrogen-bond acceptors (Lipinski definition) is 9. The third-order valence-electron chi connectivity index (χ3n) is 14.6. The van der Waals surface area contributed by atoms with Gasteiger partial charge in [0.15, 0.2) is 0 Å². The van der Waals surface area contributed by atoms with Crippen LogP contribution in [0, 0.1) is 10.8 Å². The highest BCUT2D eigenvalue weighted by Crippen LogP contribution is 2.60. The summed E-state index contributed by atoms with van der Waals surface area (Å²) in [5.41, 5.74) is 7.48. The van der Waals surface area contributed by atoms with E-state index in [1.807, 2.05) is 38.1 Å². The van der Waals surface area contributed by atoms with Crippen molar-refractivity contribution in [1.82, 2.24) is 19.3 Å². The maximum atomic E-state index is 14.5. The van der Waals surface area contributed by atoms with Gasteiger partial charge in [0.1, 0.15) is 12.3 Å². The summed E-state index contributed by atoms with van der Waals surface area (Å²) in [6.45, 7) is 9.46. The number of carbonyl (C=O) groups is 2. The third-order valence-corrected chi connectivity index (χ3v) is 14.6. The zero-order chi connectivity index (χ0) is 41.5. The molecular formula is C49H55N5O6. The number of para-hydroxylation sites is 3. The Labute approximate surface area is 350 Å². The van der Waals surface area contributed by atoms with Crippen LogP contribution >= 0.6 is 0 Å². The SMILES string of the molecule is CCOC(=O)C1=C[C@]2(CC)CCCN(O)[C@@H]2n2c1c([C@H]1Cc3ccccc3N[C@@H]1c1c3n(c4ccccc14)[C@H]1N(O)CCC[C@@]1(CC)C=C3C(=O)OCC)c1ccccc12. The van der Waals surface area contributed by atoms with Crippen LogP contribution in [0.2, 0.25) is 0 Å². The Morgan fingerprint density at radius 3 is 1.70 bits per heavy atom. The van der Waals surface area contributed by atoms with Crippen molar-refractivity contribution in [3.63, 3.8) is 0 Å². The van der Waals surface area contributed by atoms with Gasteiger partial charge in [0.05, 0.1) is 52.8 Å². The normalized spacial score (nSPS) is 27.4. The minimum atomic E-state index is -0.508. The van der Waals surface area contributed by atoms with Gasteiger partial charge in [-0.05, 0) is 88.1 Å². The maximum absolute atomic E-state index is 14.5. The summed E-state index contributed by atoms with van der Waals surface area (Å²) < 4.78 is 16.2. The molecule has 0 saturated carbocycles. The van der Waals surface area contributed by atoms with Crippen molar-refractivity contribution in [2.24, 2.45) is 10.8 Å². The lowest BCUT2D eigenvalue weighted by Gasteiger charge is -2.50. The number of hydrogen-bond donors (Lipinski definition) is 3. The van der Waals surface area contributed by atoms with Crippen LogP contribution in [0.5, 0.6) is 0 Å². The maximum Gasteiger partial charge on any atom is 0.339 e. The first-order chi connectivity index (χ1) is 29.2. The Balaban J connectivity index is 1.30. The molecule has 0 spiro atoms. The van der Waals surface area contributed by atoms with Gasteiger partial charge in [-0.2, -0.15) is 10.1 Å². The van der Waals surface area contributed by atoms with Gasteiger partial charge >= 0.3 is 11.9 Å². The van der Waals surface area contributed by atoms with Crippen LogP contribution in [0.1, 0.15) is 119 Å². The van der Waals surface area contributed by atoms with E-state index in [4.69, 9.17) is 9.47 Å². The Bertz CT molecular complexity index is 2430. The van der Waals surface area contributed by atoms with Crippen LogP contribution in [0.15, 0.2) is 84.9 Å². The molecule has 10 rings (SSSR count). The summed E-state index contributed by atoms with van der Waals surface area (Å²) in [6.07, 6.45) is 8.69. The molecule has 3 aromatic carbocycles. The number of hydroxylamine groups is 4. The molecule has 0 radical (unpaired) electrons. The van der Waals surface area contributed by atoms with E-state index < -0.39 is 29.2 Å². The standard InChI is InChI=1S/C49H55N5O6/c1-5-48-23-15-25-51(57)46(48)53-37-21-13-10-18-31(37)39(42(53)34(28-48)44(55)59-7-3)33-27-30-17-9-12-20-36(30)50-41(33)40-32-19-11-14-22-38(32)54-43(40)35(45(56)60-8-4)29-49(6-2)24-16-26-52(58)47(49)54/h9-14,17-22,28-29,33,41,46-47,50,57-58H,5-8,15-16,23-27H2,1-4H3/t33-,41+,46-,47-,48+,49+/m1/s1. The molecule has 11 nitrogen and oxygen atoms in total. The van der Waals surface area contributed by atoms with Crippen LogP contribution in [0.25, 0.3) is 33.0 Å². The summed E-state index contributed by atoms with van der Waals surface area (Å²) >= 11 is 0. The number of anilines is 1. The largest absolute Gasteiger partial charge is 0.462 e. The molecule has 5 aliphatic rings. The number of ether oxygens (including phenoxy) is 2. The van der Waals surface area contributed by atoms with Crippen molar-refractivity contribution < 1.29 is 29.5 Å². The van der Waals surface area contributed by atoms with E-state index in [9.17, 15) is 20.0 Å². The van der Waals surface area contributed by atoms with Gasteiger partial charge in [0, 0.05) is 51.9 Å². The van der Waals surface area contributed by atoms with Crippen LogP contribution in [-0.4, -0.2) is 67.9 Å². The molecule has 7 heterocycles. The number of benzene rings is 3. The number of rotatable bonds is 8. The highest BCUT2D eigenvalue weighted by Gasteiger charge is 2.53. The Kier molecular flexibility index (Phi) is 9.59. The summed E-state index contributed by atoms with van der Waals surface area (Å²) in [7, 11) is 0. The quantitative estimate of drug-likeness (QED) is 0.132. The Morgan fingerprint density at radius 2 is 1.17 bits per heavy atom. The third kappa shape index (κ3) is 5.55. The van der Waals surface area contributed by atoms with E-state index >= 15 is 0 Å². The van der Waals surface area contributed by atoms with Crippen molar-refractivity contribution in [3.8, 4) is 0 Å². The fourth-order valence-electron chi connectivity index (χ4n) is 12.0. The van der Waals surface area contributed by atoms with Crippen molar-refractivity contribution in [3.05, 3.63) is 113 Å². The van der Waals surface area contributed by atoms with Crippen molar-refractivity contribution in [2.75, 3.05) is 31.6 Å². The zero-order valence-electron chi connectivity index (χ0n) is 35.0. The number of piperidine rings is 2. The van der Waals surface area contributed by atoms with Gasteiger partial charge in [0.2, 0.25) is 0 Å². The Hall–Kier alpha value is -5.20. The number of fused-ring (bicyclic) bond motifs is 11. The topological polar surface area (TPSA) is 121 Å². The van der Waals surface area contributed by atoms with Gasteiger partial charge in [-0.1, -0.05) is 80.6 Å². The minimum Gasteiger partial charge on any atom is -0.462 e. The second-order valence-corrected chi connectivity index (χ2v) is 17.4. The second-order valence-electron chi connectivity index (χ2n) is 17.4. The molecule has 5 aromatic rings. The van der Waals surface area contributed by atoms with E-state index in [-0.39, 0.29) is 31.1 Å². The van der Waals surface area contributed by atoms with Crippen molar-refractivity contribution in [1.29, 1.82) is 0 Å². The van der Waals surface area contributed by atoms with E-state index in [0.717, 1.165) is 94.1 Å². The summed E-state index contributed by atoms with van der Waals surface area (Å²) in [5.74, 6) is -1.04. The summed E-state index contributed by atoms with van der Waals surface area (Å²) in [6, 6.07) is 24.6. The lowest BCUT2D eigenvalue weighted by atomic mass is 9.70. The van der Waals surface area contributed by atoms with Gasteiger partial charge in [0.25, 0.3) is 0 Å². The van der Waals surface area contributed by atoms with Crippen LogP contribution in [-0.2, 0) is 25.5 Å². The van der Waals surface area contributed by atoms with Crippen LogP contribution in [0.4, 0.5) is 5.69 Å². The molecule has 5 aliphatic heterocycles. The molecular weight excluding hydrogens is 755 g/mol. The van der Waals surface area contributed by atoms with E-state index in [1.165, 1.54) is 10.1 Å². The lowest BCUT2D eigenvalue weighted by Crippen LogP contribution is -2.49. The fourth-order valence-corrected chi connectivity index (χ4v) is 12.0. The first kappa shape index (κ1) is 39.0. The average Bonchev–Trinajstić information content (AvgIpc) is 3.79. The van der Waals surface area contributed by atoms with Gasteiger partial charge in [-0.3, -0.25) is 0 Å². The smallest absolute Gasteiger partial charge is 0.339 e. The predicted octanol–water partition coefficient (Wildman–Crippen LogP) is 9.77. The second kappa shape index (κ2) is 14.8. The van der Waals surface area contributed by atoms with E-state index in [1.54, 1.807) is 0 Å². The molecule has 3 N–H and O–H groups in total. The highest BCUT2D eigenvalue weighted by molar-refractivity contribution is 6.20. The molecule has 6 atom stereocenters. The molecule has 0 amide bonds. The van der Waals surface area contributed by atoms with Crippen molar-refractivity contribution >= 4 is 50.6 Å². The molecule has 2 saturated heterocycles. The molecule has 2 fully saturated rings. The van der Waals surface area contributed by atoms with Gasteiger partial charge in [-0.15, -0.1) is 0 Å². The fraction of sp³-hybridized carbons (Fsp3) is 0.429. The number of nitrogens with one attached hydrogen (secondary N) is 1. The highest BCUT2D eigenvalue weighted by atomic mass is 16.5. The molecule has 0 unspecified atom stereocenters. The monoisotopic (exact) mass is 809 g/mol. The zero-order valence-corrected chi connectivity index (χ0v) is 35.0. The van der Waals surface area contributed by atoms with Crippen LogP contribution in [0.3, 0.4) is 0 Å². The predicted molar refractivity (Wildman–Crippen MR) is 231 cm³/mol. The molecule has 60 heavy (non-hydrogen) atoms. The molecule has 0 aliphatic carbocycles. The number of carbonyl (C=O) groups excluding carboxylic acids is 2. The number of aromatic nitrogens is 2. The molecule has 2 aromatic heterocycles. The summed E-state index contributed by atoms with van der Waals surface area (Å²) in [4.78, 5) is 29.0. The number of esters is 2. The molecule has 0 bridgehead atoms. The molecule has 11 heteroatoms. The van der Waals surface area contributed by atoms with Gasteiger partial charge in [-0.25, -0.2) is 9.59 Å². The Morgan fingerprint density at radius 1 is 0.683 bits per heavy atom. The lowest BCUT2D eigenvalue weighted by molar-refractivity contribution is -0.203. The van der Waals surface area contributed by atoms with E-state index in [0.29, 0.717) is 30.7 Å². The van der Waals surface area contributed by atoms with E-state index in [2.05, 4.69) is 89.0 Å².